The number of aromatic nitrogens is 4. The Morgan fingerprint density at radius 1 is 1.07 bits per heavy atom. The van der Waals surface area contributed by atoms with Crippen LogP contribution in [0.2, 0.25) is 0 Å². The van der Waals surface area contributed by atoms with Gasteiger partial charge >= 0.3 is 0 Å². The van der Waals surface area contributed by atoms with Crippen molar-refractivity contribution >= 4 is 11.6 Å². The summed E-state index contributed by atoms with van der Waals surface area (Å²) in [6.45, 7) is 7.82. The number of furan rings is 1. The van der Waals surface area contributed by atoms with Gasteiger partial charge in [-0.3, -0.25) is 4.79 Å². The van der Waals surface area contributed by atoms with Crippen LogP contribution in [0.3, 0.4) is 0 Å². The van der Waals surface area contributed by atoms with Crippen LogP contribution in [-0.2, 0) is 0 Å². The molecule has 0 aliphatic heterocycles. The fraction of sp³-hybridized carbons (Fsp3) is 0.182. The fourth-order valence-electron chi connectivity index (χ4n) is 2.95. The molecule has 4 aromatic rings. The van der Waals surface area contributed by atoms with E-state index >= 15 is 0 Å². The van der Waals surface area contributed by atoms with Crippen molar-refractivity contribution < 1.29 is 13.9 Å². The van der Waals surface area contributed by atoms with E-state index in [-0.39, 0.29) is 5.91 Å². The molecular formula is C22H21N5O3. The Bertz CT molecular complexity index is 1190. The molecule has 0 atom stereocenters. The van der Waals surface area contributed by atoms with E-state index in [4.69, 9.17) is 9.15 Å². The molecule has 3 heterocycles. The summed E-state index contributed by atoms with van der Waals surface area (Å²) in [7, 11) is 0. The summed E-state index contributed by atoms with van der Waals surface area (Å²) in [4.78, 5) is 20.9. The molecule has 30 heavy (non-hydrogen) atoms. The van der Waals surface area contributed by atoms with E-state index < -0.39 is 0 Å². The highest BCUT2D eigenvalue weighted by Crippen LogP contribution is 2.24. The lowest BCUT2D eigenvalue weighted by Crippen LogP contribution is -2.10. The zero-order valence-corrected chi connectivity index (χ0v) is 17.1. The maximum absolute atomic E-state index is 12.1. The number of hydrogen-bond acceptors (Lipinski definition) is 6. The van der Waals surface area contributed by atoms with Crippen molar-refractivity contribution in [2.24, 2.45) is 0 Å². The van der Waals surface area contributed by atoms with E-state index in [9.17, 15) is 4.79 Å². The first kappa shape index (κ1) is 19.4. The van der Waals surface area contributed by atoms with Gasteiger partial charge in [0.1, 0.15) is 17.8 Å². The van der Waals surface area contributed by atoms with Gasteiger partial charge in [0, 0.05) is 17.4 Å². The van der Waals surface area contributed by atoms with Crippen molar-refractivity contribution in [3.63, 3.8) is 0 Å². The minimum Gasteiger partial charge on any atom is -0.472 e. The largest absolute Gasteiger partial charge is 0.472 e. The Kier molecular flexibility index (Phi) is 5.05. The Hall–Kier alpha value is -3.94. The Balaban J connectivity index is 1.52. The number of nitrogens with one attached hydrogen (secondary N) is 1. The van der Waals surface area contributed by atoms with E-state index in [1.54, 1.807) is 41.1 Å². The molecule has 0 radical (unpaired) electrons. The number of ether oxygens (including phenoxy) is 1. The summed E-state index contributed by atoms with van der Waals surface area (Å²) < 4.78 is 12.6. The zero-order chi connectivity index (χ0) is 21.3. The number of carbonyl (C=O) groups excluding carboxylic acids is 1. The highest BCUT2D eigenvalue weighted by Gasteiger charge is 2.13. The van der Waals surface area contributed by atoms with E-state index in [1.165, 1.54) is 12.5 Å². The molecule has 1 amide bonds. The molecular weight excluding hydrogens is 382 g/mol. The van der Waals surface area contributed by atoms with Gasteiger partial charge in [-0.05, 0) is 63.6 Å². The Morgan fingerprint density at radius 3 is 2.47 bits per heavy atom. The summed E-state index contributed by atoms with van der Waals surface area (Å²) in [5, 5.41) is 7.35. The highest BCUT2D eigenvalue weighted by atomic mass is 16.5. The number of anilines is 1. The SMILES string of the molecule is Cc1nc(Oc2ccc(NC(=O)c3ccoc3)cc2)cc(-n2nc(C)c(C)c2C)n1. The number of aryl methyl sites for hydroxylation is 2. The first-order chi connectivity index (χ1) is 14.4. The third kappa shape index (κ3) is 3.93. The third-order valence-electron chi connectivity index (χ3n) is 4.79. The molecule has 0 spiro atoms. The Morgan fingerprint density at radius 2 is 1.83 bits per heavy atom. The number of benzene rings is 1. The second-order valence-corrected chi connectivity index (χ2v) is 6.91. The summed E-state index contributed by atoms with van der Waals surface area (Å²) in [6, 6.07) is 10.4. The van der Waals surface area contributed by atoms with Crippen LogP contribution >= 0.6 is 0 Å². The first-order valence-corrected chi connectivity index (χ1v) is 9.41. The fourth-order valence-corrected chi connectivity index (χ4v) is 2.95. The van der Waals surface area contributed by atoms with Gasteiger partial charge in [0.25, 0.3) is 5.91 Å². The molecule has 0 aliphatic carbocycles. The highest BCUT2D eigenvalue weighted by molar-refractivity contribution is 6.03. The van der Waals surface area contributed by atoms with Gasteiger partial charge in [-0.2, -0.15) is 10.1 Å². The van der Waals surface area contributed by atoms with E-state index in [0.29, 0.717) is 34.5 Å². The van der Waals surface area contributed by atoms with Crippen molar-refractivity contribution in [1.82, 2.24) is 19.7 Å². The van der Waals surface area contributed by atoms with Crippen LogP contribution in [0, 0.1) is 27.7 Å². The summed E-state index contributed by atoms with van der Waals surface area (Å²) in [5.41, 5.74) is 4.21. The van der Waals surface area contributed by atoms with Crippen molar-refractivity contribution in [1.29, 1.82) is 0 Å². The standard InChI is InChI=1S/C22H21N5O3/c1-13-14(2)26-27(15(13)3)20-11-21(24-16(4)23-20)30-19-7-5-18(6-8-19)25-22(28)17-9-10-29-12-17/h5-12H,1-4H3,(H,25,28). The normalized spacial score (nSPS) is 10.8. The molecule has 0 bridgehead atoms. The summed E-state index contributed by atoms with van der Waals surface area (Å²) >= 11 is 0. The molecule has 0 saturated carbocycles. The van der Waals surface area contributed by atoms with Gasteiger partial charge in [-0.1, -0.05) is 0 Å². The van der Waals surface area contributed by atoms with E-state index in [0.717, 1.165) is 17.0 Å². The van der Waals surface area contributed by atoms with Gasteiger partial charge in [-0.15, -0.1) is 0 Å². The van der Waals surface area contributed by atoms with Gasteiger partial charge in [0.2, 0.25) is 5.88 Å². The first-order valence-electron chi connectivity index (χ1n) is 9.41. The second-order valence-electron chi connectivity index (χ2n) is 6.91. The molecule has 0 unspecified atom stereocenters. The number of rotatable bonds is 5. The van der Waals surface area contributed by atoms with E-state index in [1.807, 2.05) is 27.7 Å². The zero-order valence-electron chi connectivity index (χ0n) is 17.1. The minimum absolute atomic E-state index is 0.242. The molecule has 8 nitrogen and oxygen atoms in total. The van der Waals surface area contributed by atoms with Crippen LogP contribution in [0.25, 0.3) is 5.82 Å². The van der Waals surface area contributed by atoms with Gasteiger partial charge < -0.3 is 14.5 Å². The molecule has 0 fully saturated rings. The van der Waals surface area contributed by atoms with Crippen LogP contribution < -0.4 is 10.1 Å². The average Bonchev–Trinajstić information content (AvgIpc) is 3.34. The van der Waals surface area contributed by atoms with Crippen LogP contribution in [0.15, 0.2) is 53.3 Å². The van der Waals surface area contributed by atoms with Crippen LogP contribution in [-0.4, -0.2) is 25.7 Å². The van der Waals surface area contributed by atoms with Gasteiger partial charge in [-0.25, -0.2) is 9.67 Å². The average molecular weight is 403 g/mol. The number of hydrogen-bond donors (Lipinski definition) is 1. The van der Waals surface area contributed by atoms with Crippen molar-refractivity contribution in [3.05, 3.63) is 77.3 Å². The molecule has 0 aliphatic rings. The van der Waals surface area contributed by atoms with Crippen LogP contribution in [0.4, 0.5) is 5.69 Å². The van der Waals surface area contributed by atoms with Crippen molar-refractivity contribution in [2.75, 3.05) is 5.32 Å². The number of nitrogens with zero attached hydrogens (tertiary/aromatic N) is 4. The maximum Gasteiger partial charge on any atom is 0.258 e. The number of amides is 1. The molecule has 0 saturated heterocycles. The van der Waals surface area contributed by atoms with Gasteiger partial charge in [0.15, 0.2) is 5.82 Å². The summed E-state index contributed by atoms with van der Waals surface area (Å²) in [5.74, 6) is 1.99. The lowest BCUT2D eigenvalue weighted by Gasteiger charge is -2.10. The summed E-state index contributed by atoms with van der Waals surface area (Å²) in [6.07, 6.45) is 2.85. The lowest BCUT2D eigenvalue weighted by atomic mass is 10.2. The van der Waals surface area contributed by atoms with Crippen molar-refractivity contribution in [3.8, 4) is 17.4 Å². The Labute approximate surface area is 173 Å². The smallest absolute Gasteiger partial charge is 0.258 e. The lowest BCUT2D eigenvalue weighted by molar-refractivity contribution is 0.102. The van der Waals surface area contributed by atoms with E-state index in [2.05, 4.69) is 20.4 Å². The minimum atomic E-state index is -0.242. The van der Waals surface area contributed by atoms with Gasteiger partial charge in [0.05, 0.1) is 17.5 Å². The maximum atomic E-state index is 12.1. The topological polar surface area (TPSA) is 95.1 Å². The van der Waals surface area contributed by atoms with Crippen LogP contribution in [0.1, 0.15) is 33.1 Å². The van der Waals surface area contributed by atoms with Crippen LogP contribution in [0.5, 0.6) is 11.6 Å². The third-order valence-corrected chi connectivity index (χ3v) is 4.79. The van der Waals surface area contributed by atoms with Crippen molar-refractivity contribution in [2.45, 2.75) is 27.7 Å². The molecule has 152 valence electrons. The number of carbonyl (C=O) groups is 1. The molecule has 8 heteroatoms. The monoisotopic (exact) mass is 403 g/mol. The second kappa shape index (κ2) is 7.82. The molecule has 1 N–H and O–H groups in total. The predicted octanol–water partition coefficient (Wildman–Crippen LogP) is 4.53. The molecule has 3 aromatic heterocycles. The molecule has 4 rings (SSSR count). The predicted molar refractivity (Wildman–Crippen MR) is 111 cm³/mol. The quantitative estimate of drug-likeness (QED) is 0.526. The molecule has 1 aromatic carbocycles.